The number of allylic oxidation sites excluding steroid dienone is 1. The van der Waals surface area contributed by atoms with E-state index < -0.39 is 9.84 Å². The predicted octanol–water partition coefficient (Wildman–Crippen LogP) is 3.48. The van der Waals surface area contributed by atoms with Crippen LogP contribution in [-0.4, -0.2) is 21.8 Å². The number of sulfone groups is 1. The van der Waals surface area contributed by atoms with Crippen LogP contribution in [0.15, 0.2) is 34.6 Å². The topological polar surface area (TPSA) is 43.4 Å². The zero-order valence-corrected chi connectivity index (χ0v) is 13.0. The molecule has 1 rings (SSSR count). The van der Waals surface area contributed by atoms with E-state index in [1.165, 1.54) is 27.8 Å². The Kier molecular flexibility index (Phi) is 6.11. The lowest BCUT2D eigenvalue weighted by Gasteiger charge is -2.05. The first-order valence-electron chi connectivity index (χ1n) is 5.26. The summed E-state index contributed by atoms with van der Waals surface area (Å²) < 4.78 is 28.3. The number of benzene rings is 1. The SMILES string of the molecule is CC=C(SSCc1cccc(OC)c1)S(C)(=O)=O. The molecule has 1 aromatic carbocycles. The third-order valence-corrected chi connectivity index (χ3v) is 6.76. The molecular formula is C12H16O3S3. The Morgan fingerprint density at radius 1 is 1.44 bits per heavy atom. The highest BCUT2D eigenvalue weighted by atomic mass is 33.1. The van der Waals surface area contributed by atoms with Gasteiger partial charge in [-0.1, -0.05) is 29.0 Å². The number of hydrogen-bond acceptors (Lipinski definition) is 5. The second-order valence-electron chi connectivity index (χ2n) is 3.58. The molecule has 6 heteroatoms. The van der Waals surface area contributed by atoms with Crippen LogP contribution in [0.25, 0.3) is 0 Å². The van der Waals surface area contributed by atoms with Gasteiger partial charge in [-0.05, 0) is 35.4 Å². The van der Waals surface area contributed by atoms with Gasteiger partial charge in [-0.3, -0.25) is 0 Å². The maximum Gasteiger partial charge on any atom is 0.181 e. The minimum atomic E-state index is -3.10. The molecule has 0 heterocycles. The number of hydrogen-bond donors (Lipinski definition) is 0. The lowest BCUT2D eigenvalue weighted by Crippen LogP contribution is -1.95. The lowest BCUT2D eigenvalue weighted by molar-refractivity contribution is 0.414. The van der Waals surface area contributed by atoms with Crippen molar-refractivity contribution in [3.63, 3.8) is 0 Å². The Balaban J connectivity index is 2.56. The van der Waals surface area contributed by atoms with Crippen LogP contribution in [0.5, 0.6) is 5.75 Å². The maximum atomic E-state index is 11.4. The highest BCUT2D eigenvalue weighted by molar-refractivity contribution is 8.79. The van der Waals surface area contributed by atoms with E-state index in [1.54, 1.807) is 20.1 Å². The summed E-state index contributed by atoms with van der Waals surface area (Å²) in [7, 11) is 1.31. The zero-order valence-electron chi connectivity index (χ0n) is 10.5. The quantitative estimate of drug-likeness (QED) is 0.753. The van der Waals surface area contributed by atoms with E-state index in [0.717, 1.165) is 17.1 Å². The Labute approximate surface area is 116 Å². The van der Waals surface area contributed by atoms with Crippen molar-refractivity contribution < 1.29 is 13.2 Å². The van der Waals surface area contributed by atoms with Gasteiger partial charge in [0.1, 0.15) is 9.99 Å². The monoisotopic (exact) mass is 304 g/mol. The van der Waals surface area contributed by atoms with Crippen molar-refractivity contribution in [2.75, 3.05) is 13.4 Å². The number of rotatable bonds is 6. The second-order valence-corrected chi connectivity index (χ2v) is 8.16. The lowest BCUT2D eigenvalue weighted by atomic mass is 10.2. The normalized spacial score (nSPS) is 12.5. The Morgan fingerprint density at radius 2 is 2.17 bits per heavy atom. The molecule has 0 unspecified atom stereocenters. The molecule has 1 aromatic rings. The van der Waals surface area contributed by atoms with Crippen LogP contribution in [0, 0.1) is 0 Å². The molecule has 0 aliphatic heterocycles. The van der Waals surface area contributed by atoms with Crippen molar-refractivity contribution in [1.82, 2.24) is 0 Å². The highest BCUT2D eigenvalue weighted by Crippen LogP contribution is 2.35. The van der Waals surface area contributed by atoms with Crippen molar-refractivity contribution in [2.45, 2.75) is 12.7 Å². The van der Waals surface area contributed by atoms with Crippen LogP contribution < -0.4 is 4.74 Å². The van der Waals surface area contributed by atoms with E-state index >= 15 is 0 Å². The van der Waals surface area contributed by atoms with E-state index in [2.05, 4.69) is 0 Å². The van der Waals surface area contributed by atoms with Gasteiger partial charge < -0.3 is 4.74 Å². The van der Waals surface area contributed by atoms with E-state index in [4.69, 9.17) is 4.74 Å². The summed E-state index contributed by atoms with van der Waals surface area (Å²) in [5, 5.41) is 0. The molecule has 18 heavy (non-hydrogen) atoms. The van der Waals surface area contributed by atoms with Crippen molar-refractivity contribution in [3.8, 4) is 5.75 Å². The summed E-state index contributed by atoms with van der Waals surface area (Å²) in [4.78, 5) is 0. The molecule has 3 nitrogen and oxygen atoms in total. The molecule has 0 radical (unpaired) electrons. The summed E-state index contributed by atoms with van der Waals surface area (Å²) in [6, 6.07) is 7.75. The summed E-state index contributed by atoms with van der Waals surface area (Å²) in [5.41, 5.74) is 1.11. The van der Waals surface area contributed by atoms with Crippen LogP contribution in [-0.2, 0) is 15.6 Å². The number of methoxy groups -OCH3 is 1. The molecule has 0 aliphatic rings. The average molecular weight is 304 g/mol. The third kappa shape index (κ3) is 4.96. The van der Waals surface area contributed by atoms with Crippen molar-refractivity contribution >= 4 is 31.4 Å². The van der Waals surface area contributed by atoms with Gasteiger partial charge in [0.2, 0.25) is 0 Å². The minimum absolute atomic E-state index is 0.399. The molecule has 0 amide bonds. The molecular weight excluding hydrogens is 288 g/mol. The largest absolute Gasteiger partial charge is 0.497 e. The Morgan fingerprint density at radius 3 is 2.72 bits per heavy atom. The fourth-order valence-electron chi connectivity index (χ4n) is 1.24. The van der Waals surface area contributed by atoms with Crippen molar-refractivity contribution in [2.24, 2.45) is 0 Å². The maximum absolute atomic E-state index is 11.4. The van der Waals surface area contributed by atoms with E-state index in [9.17, 15) is 8.42 Å². The van der Waals surface area contributed by atoms with E-state index in [-0.39, 0.29) is 0 Å². The van der Waals surface area contributed by atoms with Gasteiger partial charge in [0.05, 0.1) is 7.11 Å². The van der Waals surface area contributed by atoms with Gasteiger partial charge in [0.15, 0.2) is 9.84 Å². The van der Waals surface area contributed by atoms with E-state index in [1.807, 2.05) is 24.3 Å². The van der Waals surface area contributed by atoms with Gasteiger partial charge in [0, 0.05) is 12.0 Å². The van der Waals surface area contributed by atoms with Crippen molar-refractivity contribution in [3.05, 3.63) is 40.1 Å². The molecule has 0 atom stereocenters. The molecule has 0 aromatic heterocycles. The number of ether oxygens (including phenoxy) is 1. The molecule has 0 N–H and O–H groups in total. The first-order chi connectivity index (χ1) is 8.47. The van der Waals surface area contributed by atoms with Gasteiger partial charge in [0.25, 0.3) is 0 Å². The minimum Gasteiger partial charge on any atom is -0.497 e. The summed E-state index contributed by atoms with van der Waals surface area (Å²) in [6.45, 7) is 1.73. The zero-order chi connectivity index (χ0) is 13.6. The Hall–Kier alpha value is -0.590. The van der Waals surface area contributed by atoms with Gasteiger partial charge in [-0.25, -0.2) is 8.42 Å². The van der Waals surface area contributed by atoms with Crippen molar-refractivity contribution in [1.29, 1.82) is 0 Å². The van der Waals surface area contributed by atoms with Gasteiger partial charge in [-0.15, -0.1) is 0 Å². The second kappa shape index (κ2) is 7.11. The molecule has 0 fully saturated rings. The molecule has 0 spiro atoms. The highest BCUT2D eigenvalue weighted by Gasteiger charge is 2.11. The average Bonchev–Trinajstić information content (AvgIpc) is 2.33. The predicted molar refractivity (Wildman–Crippen MR) is 80.5 cm³/mol. The summed E-state index contributed by atoms with van der Waals surface area (Å²) >= 11 is 0. The van der Waals surface area contributed by atoms with Crippen LogP contribution in [0.4, 0.5) is 0 Å². The fraction of sp³-hybridized carbons (Fsp3) is 0.333. The first kappa shape index (κ1) is 15.5. The van der Waals surface area contributed by atoms with Crippen LogP contribution in [0.2, 0.25) is 0 Å². The summed E-state index contributed by atoms with van der Waals surface area (Å²) in [6.07, 6.45) is 2.85. The van der Waals surface area contributed by atoms with Crippen LogP contribution in [0.3, 0.4) is 0 Å². The van der Waals surface area contributed by atoms with Gasteiger partial charge >= 0.3 is 0 Å². The molecule has 0 saturated heterocycles. The smallest absolute Gasteiger partial charge is 0.181 e. The van der Waals surface area contributed by atoms with Crippen LogP contribution >= 0.6 is 21.6 Å². The molecule has 0 bridgehead atoms. The summed E-state index contributed by atoms with van der Waals surface area (Å²) in [5.74, 6) is 1.54. The van der Waals surface area contributed by atoms with Crippen LogP contribution in [0.1, 0.15) is 12.5 Å². The Bertz CT molecular complexity index is 521. The third-order valence-electron chi connectivity index (χ3n) is 2.10. The van der Waals surface area contributed by atoms with E-state index in [0.29, 0.717) is 4.24 Å². The fourth-order valence-corrected chi connectivity index (χ4v) is 5.52. The first-order valence-corrected chi connectivity index (χ1v) is 9.47. The molecule has 0 saturated carbocycles. The molecule has 0 aliphatic carbocycles. The molecule has 100 valence electrons. The van der Waals surface area contributed by atoms with Gasteiger partial charge in [-0.2, -0.15) is 0 Å². The standard InChI is InChI=1S/C12H16O3S3/c1-4-12(18(3,13)14)17-16-9-10-6-5-7-11(8-10)15-2/h4-8H,9H2,1-3H3.